The third-order valence-electron chi connectivity index (χ3n) is 5.58. The molecule has 2 aliphatic rings. The molecule has 2 heterocycles. The van der Waals surface area contributed by atoms with Gasteiger partial charge >= 0.3 is 0 Å². The Kier molecular flexibility index (Phi) is 3.96. The Morgan fingerprint density at radius 2 is 1.35 bits per heavy atom. The Hall–Kier alpha value is -2.46. The lowest BCUT2D eigenvalue weighted by molar-refractivity contribution is -0.123. The highest BCUT2D eigenvalue weighted by molar-refractivity contribution is 6.22. The Morgan fingerprint density at radius 3 is 1.92 bits per heavy atom. The molecule has 0 radical (unpaired) electrons. The summed E-state index contributed by atoms with van der Waals surface area (Å²) in [7, 11) is 0. The summed E-state index contributed by atoms with van der Waals surface area (Å²) in [4.78, 5) is 28.0. The Labute approximate surface area is 154 Å². The van der Waals surface area contributed by atoms with Gasteiger partial charge in [-0.3, -0.25) is 9.59 Å². The fourth-order valence-electron chi connectivity index (χ4n) is 4.40. The van der Waals surface area contributed by atoms with Gasteiger partial charge in [-0.05, 0) is 23.1 Å². The molecule has 1 N–H and O–H groups in total. The molecule has 4 atom stereocenters. The second kappa shape index (κ2) is 6.06. The second-order valence-electron chi connectivity index (χ2n) is 8.30. The minimum atomic E-state index is -0.366. The first-order chi connectivity index (χ1) is 12.4. The van der Waals surface area contributed by atoms with Crippen LogP contribution < -0.4 is 10.2 Å². The zero-order valence-electron chi connectivity index (χ0n) is 15.3. The van der Waals surface area contributed by atoms with Crippen LogP contribution >= 0.6 is 0 Å². The van der Waals surface area contributed by atoms with E-state index in [-0.39, 0.29) is 41.1 Å². The van der Waals surface area contributed by atoms with Crippen LogP contribution in [-0.4, -0.2) is 17.9 Å². The van der Waals surface area contributed by atoms with Gasteiger partial charge in [0.15, 0.2) is 0 Å². The van der Waals surface area contributed by atoms with Crippen molar-refractivity contribution in [3.05, 3.63) is 66.2 Å². The maximum atomic E-state index is 13.3. The van der Waals surface area contributed by atoms with Crippen molar-refractivity contribution in [3.8, 4) is 0 Å². The first-order valence-corrected chi connectivity index (χ1v) is 9.13. The van der Waals surface area contributed by atoms with E-state index < -0.39 is 0 Å². The van der Waals surface area contributed by atoms with Gasteiger partial charge in [0.25, 0.3) is 0 Å². The molecule has 2 fully saturated rings. The van der Waals surface area contributed by atoms with E-state index >= 15 is 0 Å². The van der Waals surface area contributed by atoms with Crippen molar-refractivity contribution >= 4 is 17.5 Å². The van der Waals surface area contributed by atoms with Crippen LogP contribution in [0.25, 0.3) is 0 Å². The molecular formula is C22H24N2O2. The summed E-state index contributed by atoms with van der Waals surface area (Å²) < 4.78 is 0. The number of carbonyl (C=O) groups excluding carboxylic acids is 2. The largest absolute Gasteiger partial charge is 0.305 e. The fraction of sp³-hybridized carbons (Fsp3) is 0.364. The van der Waals surface area contributed by atoms with Crippen molar-refractivity contribution in [2.45, 2.75) is 32.9 Å². The maximum absolute atomic E-state index is 13.3. The molecule has 2 aromatic carbocycles. The predicted molar refractivity (Wildman–Crippen MR) is 101 cm³/mol. The maximum Gasteiger partial charge on any atom is 0.239 e. The first-order valence-electron chi connectivity index (χ1n) is 9.13. The zero-order valence-corrected chi connectivity index (χ0v) is 15.3. The first kappa shape index (κ1) is 17.0. The molecule has 4 heteroatoms. The molecule has 2 amide bonds. The van der Waals surface area contributed by atoms with Gasteiger partial charge in [0.1, 0.15) is 0 Å². The number of nitrogens with zero attached hydrogens (tertiary/aromatic N) is 1. The van der Waals surface area contributed by atoms with Gasteiger partial charge in [0, 0.05) is 12.1 Å². The number of benzene rings is 2. The van der Waals surface area contributed by atoms with Crippen LogP contribution in [0, 0.1) is 17.3 Å². The van der Waals surface area contributed by atoms with Crippen LogP contribution in [0.3, 0.4) is 0 Å². The van der Waals surface area contributed by atoms with Crippen molar-refractivity contribution in [2.24, 2.45) is 17.3 Å². The topological polar surface area (TPSA) is 49.4 Å². The van der Waals surface area contributed by atoms with Crippen LogP contribution in [0.4, 0.5) is 5.69 Å². The molecule has 2 unspecified atom stereocenters. The lowest BCUT2D eigenvalue weighted by atomic mass is 9.77. The normalized spacial score (nSPS) is 28.5. The molecule has 0 bridgehead atoms. The predicted octanol–water partition coefficient (Wildman–Crippen LogP) is 3.55. The average molecular weight is 348 g/mol. The summed E-state index contributed by atoms with van der Waals surface area (Å²) in [6.07, 6.45) is 0. The fourth-order valence-corrected chi connectivity index (χ4v) is 4.40. The number of rotatable bonds is 2. The number of fused-ring (bicyclic) bond motifs is 1. The van der Waals surface area contributed by atoms with Crippen LogP contribution in [0.1, 0.15) is 32.4 Å². The van der Waals surface area contributed by atoms with Crippen molar-refractivity contribution in [2.75, 3.05) is 4.90 Å². The van der Waals surface area contributed by atoms with Crippen LogP contribution in [0.15, 0.2) is 60.7 Å². The van der Waals surface area contributed by atoms with E-state index in [2.05, 4.69) is 26.1 Å². The smallest absolute Gasteiger partial charge is 0.239 e. The van der Waals surface area contributed by atoms with E-state index in [1.54, 1.807) is 0 Å². The van der Waals surface area contributed by atoms with E-state index in [1.165, 1.54) is 4.90 Å². The van der Waals surface area contributed by atoms with E-state index in [9.17, 15) is 9.59 Å². The van der Waals surface area contributed by atoms with Crippen molar-refractivity contribution in [1.82, 2.24) is 5.32 Å². The molecule has 0 saturated carbocycles. The third kappa shape index (κ3) is 2.56. The molecule has 2 aromatic rings. The van der Waals surface area contributed by atoms with Crippen molar-refractivity contribution < 1.29 is 9.59 Å². The zero-order chi connectivity index (χ0) is 18.5. The summed E-state index contributed by atoms with van der Waals surface area (Å²) in [6, 6.07) is 19.1. The number of carbonyl (C=O) groups is 2. The van der Waals surface area contributed by atoms with Crippen LogP contribution in [0.2, 0.25) is 0 Å². The molecule has 0 aliphatic carbocycles. The second-order valence-corrected chi connectivity index (χ2v) is 8.30. The number of anilines is 1. The highest BCUT2D eigenvalue weighted by Crippen LogP contribution is 2.49. The summed E-state index contributed by atoms with van der Waals surface area (Å²) in [5.74, 6) is -0.890. The SMILES string of the molecule is CC(C)(C)[C@@H]1N[C@H](c2ccccc2)C2C(=O)N(c3ccccc3)C(=O)C21. The minimum absolute atomic E-state index is 0.0529. The number of para-hydroxylation sites is 1. The van der Waals surface area contributed by atoms with Gasteiger partial charge in [-0.1, -0.05) is 69.3 Å². The molecule has 4 nitrogen and oxygen atoms in total. The number of hydrogen-bond acceptors (Lipinski definition) is 3. The number of hydrogen-bond donors (Lipinski definition) is 1. The molecule has 2 aliphatic heterocycles. The van der Waals surface area contributed by atoms with Crippen molar-refractivity contribution in [3.63, 3.8) is 0 Å². The van der Waals surface area contributed by atoms with Crippen molar-refractivity contribution in [1.29, 1.82) is 0 Å². The highest BCUT2D eigenvalue weighted by atomic mass is 16.2. The Bertz CT molecular complexity index is 826. The van der Waals surface area contributed by atoms with Gasteiger partial charge in [0.05, 0.1) is 17.5 Å². The third-order valence-corrected chi connectivity index (χ3v) is 5.58. The molecular weight excluding hydrogens is 324 g/mol. The van der Waals surface area contributed by atoms with Gasteiger partial charge < -0.3 is 5.32 Å². The quantitative estimate of drug-likeness (QED) is 0.845. The molecule has 0 aromatic heterocycles. The molecule has 26 heavy (non-hydrogen) atoms. The lowest BCUT2D eigenvalue weighted by Crippen LogP contribution is -2.45. The van der Waals surface area contributed by atoms with Gasteiger partial charge in [0.2, 0.25) is 11.8 Å². The summed E-state index contributed by atoms with van der Waals surface area (Å²) in [6.45, 7) is 6.37. The molecule has 4 rings (SSSR count). The number of nitrogens with one attached hydrogen (secondary N) is 1. The van der Waals surface area contributed by atoms with Gasteiger partial charge in [-0.25, -0.2) is 4.90 Å². The minimum Gasteiger partial charge on any atom is -0.305 e. The number of imide groups is 1. The Morgan fingerprint density at radius 1 is 0.808 bits per heavy atom. The molecule has 2 saturated heterocycles. The average Bonchev–Trinajstić information content (AvgIpc) is 3.14. The number of amides is 2. The summed E-state index contributed by atoms with van der Waals surface area (Å²) >= 11 is 0. The van der Waals surface area contributed by atoms with Gasteiger partial charge in [-0.2, -0.15) is 0 Å². The Balaban J connectivity index is 1.79. The monoisotopic (exact) mass is 348 g/mol. The van der Waals surface area contributed by atoms with E-state index in [0.29, 0.717) is 5.69 Å². The lowest BCUT2D eigenvalue weighted by Gasteiger charge is -2.32. The van der Waals surface area contributed by atoms with Crippen LogP contribution in [-0.2, 0) is 9.59 Å². The summed E-state index contributed by atoms with van der Waals surface area (Å²) in [5.41, 5.74) is 1.59. The van der Waals surface area contributed by atoms with E-state index in [4.69, 9.17) is 0 Å². The summed E-state index contributed by atoms with van der Waals surface area (Å²) in [5, 5.41) is 3.61. The van der Waals surface area contributed by atoms with Gasteiger partial charge in [-0.15, -0.1) is 0 Å². The van der Waals surface area contributed by atoms with E-state index in [1.807, 2.05) is 60.7 Å². The highest BCUT2D eigenvalue weighted by Gasteiger charge is 2.61. The molecule has 0 spiro atoms. The van der Waals surface area contributed by atoms with E-state index in [0.717, 1.165) is 5.56 Å². The standard InChI is InChI=1S/C22H24N2O2/c1-22(2,3)19-17-16(18(23-19)14-10-6-4-7-11-14)20(25)24(21(17)26)15-12-8-5-9-13-15/h4-13,16-19,23H,1-3H3/t16?,17?,18-,19-/m1/s1. The van der Waals surface area contributed by atoms with Crippen LogP contribution in [0.5, 0.6) is 0 Å². The molecule has 134 valence electrons.